The number of anilines is 1. The van der Waals surface area contributed by atoms with Crippen molar-refractivity contribution in [3.63, 3.8) is 0 Å². The van der Waals surface area contributed by atoms with Gasteiger partial charge in [0.05, 0.1) is 11.4 Å². The Balaban J connectivity index is 2.01. The van der Waals surface area contributed by atoms with Gasteiger partial charge in [-0.15, -0.1) is 0 Å². The molecule has 21 heavy (non-hydrogen) atoms. The molecule has 0 bridgehead atoms. The first-order valence-electron chi connectivity index (χ1n) is 6.64. The van der Waals surface area contributed by atoms with Crippen LogP contribution in [0.15, 0.2) is 34.9 Å². The molecule has 1 heterocycles. The van der Waals surface area contributed by atoms with Crippen molar-refractivity contribution < 1.29 is 13.5 Å². The molecule has 0 unspecified atom stereocenters. The van der Waals surface area contributed by atoms with Crippen molar-refractivity contribution in [1.29, 1.82) is 0 Å². The number of aromatic nitrogens is 1. The number of hydrogen-bond acceptors (Lipinski definition) is 4. The van der Waals surface area contributed by atoms with Crippen LogP contribution in [0.5, 0.6) is 0 Å². The van der Waals surface area contributed by atoms with Gasteiger partial charge in [0, 0.05) is 22.1 Å². The van der Waals surface area contributed by atoms with Crippen LogP contribution in [0.2, 0.25) is 0 Å². The van der Waals surface area contributed by atoms with E-state index in [-0.39, 0.29) is 11.7 Å². The molecule has 0 saturated heterocycles. The lowest BCUT2D eigenvalue weighted by molar-refractivity contribution is -0.115. The molecule has 0 aliphatic heterocycles. The zero-order valence-electron chi connectivity index (χ0n) is 12.3. The van der Waals surface area contributed by atoms with Gasteiger partial charge in [-0.1, -0.05) is 23.4 Å². The van der Waals surface area contributed by atoms with Crippen molar-refractivity contribution in [2.75, 3.05) is 5.32 Å². The maximum Gasteiger partial charge on any atom is 0.239 e. The Labute approximate surface area is 126 Å². The molecule has 1 aromatic heterocycles. The first-order chi connectivity index (χ1) is 9.99. The summed E-state index contributed by atoms with van der Waals surface area (Å²) in [6.07, 6.45) is 0. The van der Waals surface area contributed by atoms with E-state index in [0.717, 1.165) is 11.3 Å². The molecule has 0 fully saturated rings. The average Bonchev–Trinajstić information content (AvgIpc) is 2.79. The number of aryl methyl sites for hydroxylation is 2. The van der Waals surface area contributed by atoms with E-state index >= 15 is 0 Å². The summed E-state index contributed by atoms with van der Waals surface area (Å²) in [5.74, 6) is 0.660. The van der Waals surface area contributed by atoms with Crippen LogP contribution in [0.3, 0.4) is 0 Å². The molecule has 1 aromatic carbocycles. The van der Waals surface area contributed by atoms with Crippen molar-refractivity contribution >= 4 is 22.4 Å². The fourth-order valence-corrected chi connectivity index (χ4v) is 3.10. The number of nitrogens with one attached hydrogen (secondary N) is 1. The second kappa shape index (κ2) is 6.67. The molecule has 0 saturated carbocycles. The summed E-state index contributed by atoms with van der Waals surface area (Å²) in [4.78, 5) is 12.1. The van der Waals surface area contributed by atoms with E-state index in [2.05, 4.69) is 10.5 Å². The zero-order valence-corrected chi connectivity index (χ0v) is 13.1. The fraction of sp³-hybridized carbons (Fsp3) is 0.333. The molecule has 0 aliphatic carbocycles. The zero-order chi connectivity index (χ0) is 15.4. The van der Waals surface area contributed by atoms with Gasteiger partial charge < -0.3 is 9.84 Å². The van der Waals surface area contributed by atoms with Crippen LogP contribution in [0.4, 0.5) is 5.69 Å². The molecule has 1 amide bonds. The van der Waals surface area contributed by atoms with E-state index < -0.39 is 16.0 Å². The number of carbonyl (C=O) groups excluding carboxylic acids is 1. The van der Waals surface area contributed by atoms with Gasteiger partial charge in [0.25, 0.3) is 0 Å². The molecule has 2 atom stereocenters. The number of para-hydroxylation sites is 1. The predicted molar refractivity (Wildman–Crippen MR) is 82.4 cm³/mol. The van der Waals surface area contributed by atoms with Gasteiger partial charge in [-0.2, -0.15) is 0 Å². The van der Waals surface area contributed by atoms with E-state index in [1.807, 2.05) is 18.2 Å². The molecule has 5 nitrogen and oxygen atoms in total. The van der Waals surface area contributed by atoms with Gasteiger partial charge in [0.1, 0.15) is 11.0 Å². The summed E-state index contributed by atoms with van der Waals surface area (Å²) in [6.45, 7) is 5.24. The molecule has 1 N–H and O–H groups in total. The summed E-state index contributed by atoms with van der Waals surface area (Å²) >= 11 is 0. The maximum absolute atomic E-state index is 12.3. The number of rotatable bonds is 5. The van der Waals surface area contributed by atoms with E-state index in [4.69, 9.17) is 4.52 Å². The predicted octanol–water partition coefficient (Wildman–Crippen LogP) is 2.57. The Kier molecular flexibility index (Phi) is 4.90. The summed E-state index contributed by atoms with van der Waals surface area (Å²) in [6, 6.07) is 9.13. The monoisotopic (exact) mass is 306 g/mol. The maximum atomic E-state index is 12.3. The average molecular weight is 306 g/mol. The van der Waals surface area contributed by atoms with Crippen LogP contribution in [0.25, 0.3) is 0 Å². The second-order valence-electron chi connectivity index (χ2n) is 4.83. The van der Waals surface area contributed by atoms with Crippen molar-refractivity contribution in [2.45, 2.75) is 31.8 Å². The molecule has 0 spiro atoms. The molecule has 2 aromatic rings. The first-order valence-corrected chi connectivity index (χ1v) is 8.02. The first kappa shape index (κ1) is 15.4. The Hall–Kier alpha value is -1.95. The number of carbonyl (C=O) groups is 1. The summed E-state index contributed by atoms with van der Waals surface area (Å²) in [7, 11) is -1.33. The Bertz CT molecular complexity index is 633. The highest BCUT2D eigenvalue weighted by Gasteiger charge is 2.22. The number of hydrogen-bond donors (Lipinski definition) is 1. The largest absolute Gasteiger partial charge is 0.361 e. The fourth-order valence-electron chi connectivity index (χ4n) is 1.86. The van der Waals surface area contributed by atoms with E-state index in [9.17, 15) is 9.00 Å². The standard InChI is InChI=1S/C15H18N2O3S/c1-10-14(11(2)20-17-10)9-21(19)12(3)15(18)16-13-7-5-4-6-8-13/h4-8,12H,9H2,1-3H3,(H,16,18)/t12-,21+/m1/s1. The van der Waals surface area contributed by atoms with Crippen molar-refractivity contribution in [3.05, 3.63) is 47.3 Å². The SMILES string of the molecule is Cc1noc(C)c1C[S@](=O)[C@H](C)C(=O)Nc1ccccc1. The van der Waals surface area contributed by atoms with Gasteiger partial charge in [0.15, 0.2) is 0 Å². The molecule has 6 heteroatoms. The highest BCUT2D eigenvalue weighted by atomic mass is 32.2. The minimum atomic E-state index is -1.33. The topological polar surface area (TPSA) is 72.2 Å². The third-order valence-corrected chi connectivity index (χ3v) is 4.85. The van der Waals surface area contributed by atoms with Crippen LogP contribution in [0.1, 0.15) is 23.9 Å². The van der Waals surface area contributed by atoms with E-state index in [0.29, 0.717) is 11.4 Å². The third-order valence-electron chi connectivity index (χ3n) is 3.27. The highest BCUT2D eigenvalue weighted by Crippen LogP contribution is 2.17. The summed E-state index contributed by atoms with van der Waals surface area (Å²) < 4.78 is 17.4. The second-order valence-corrected chi connectivity index (χ2v) is 6.58. The van der Waals surface area contributed by atoms with Gasteiger partial charge in [0.2, 0.25) is 5.91 Å². The molecule has 0 aliphatic rings. The smallest absolute Gasteiger partial charge is 0.239 e. The van der Waals surface area contributed by atoms with Crippen LogP contribution in [-0.4, -0.2) is 20.5 Å². The van der Waals surface area contributed by atoms with Gasteiger partial charge in [-0.3, -0.25) is 9.00 Å². The highest BCUT2D eigenvalue weighted by molar-refractivity contribution is 7.85. The number of benzene rings is 1. The van der Waals surface area contributed by atoms with Crippen LogP contribution < -0.4 is 5.32 Å². The van der Waals surface area contributed by atoms with E-state index in [1.54, 1.807) is 32.9 Å². The summed E-state index contributed by atoms with van der Waals surface area (Å²) in [5, 5.41) is 5.98. The minimum absolute atomic E-state index is 0.258. The summed E-state index contributed by atoms with van der Waals surface area (Å²) in [5.41, 5.74) is 2.23. The lowest BCUT2D eigenvalue weighted by Crippen LogP contribution is -2.29. The molecule has 2 rings (SSSR count). The molecule has 0 radical (unpaired) electrons. The van der Waals surface area contributed by atoms with Crippen LogP contribution >= 0.6 is 0 Å². The number of nitrogens with zero attached hydrogens (tertiary/aromatic N) is 1. The van der Waals surface area contributed by atoms with Crippen molar-refractivity contribution in [3.8, 4) is 0 Å². The van der Waals surface area contributed by atoms with Crippen molar-refractivity contribution in [1.82, 2.24) is 5.16 Å². The molecular formula is C15H18N2O3S. The van der Waals surface area contributed by atoms with E-state index in [1.165, 1.54) is 0 Å². The quantitative estimate of drug-likeness (QED) is 0.921. The van der Waals surface area contributed by atoms with Crippen LogP contribution in [-0.2, 0) is 21.3 Å². The molecule has 112 valence electrons. The lowest BCUT2D eigenvalue weighted by Gasteiger charge is -2.12. The number of amides is 1. The Morgan fingerprint density at radius 3 is 2.57 bits per heavy atom. The Morgan fingerprint density at radius 1 is 1.33 bits per heavy atom. The van der Waals surface area contributed by atoms with Crippen LogP contribution in [0, 0.1) is 13.8 Å². The van der Waals surface area contributed by atoms with Gasteiger partial charge >= 0.3 is 0 Å². The minimum Gasteiger partial charge on any atom is -0.361 e. The molecular weight excluding hydrogens is 288 g/mol. The van der Waals surface area contributed by atoms with Gasteiger partial charge in [-0.05, 0) is 32.9 Å². The lowest BCUT2D eigenvalue weighted by atomic mass is 10.2. The normalized spacial score (nSPS) is 13.7. The van der Waals surface area contributed by atoms with Gasteiger partial charge in [-0.25, -0.2) is 0 Å². The van der Waals surface area contributed by atoms with Crippen molar-refractivity contribution in [2.24, 2.45) is 0 Å². The third kappa shape index (κ3) is 3.78. The Morgan fingerprint density at radius 2 is 2.00 bits per heavy atom.